The maximum Gasteiger partial charge on any atom is 0.318 e. The van der Waals surface area contributed by atoms with Crippen molar-refractivity contribution in [3.8, 4) is 0 Å². The highest BCUT2D eigenvalue weighted by molar-refractivity contribution is 5.74. The van der Waals surface area contributed by atoms with Crippen molar-refractivity contribution in [2.24, 2.45) is 0 Å². The van der Waals surface area contributed by atoms with Crippen molar-refractivity contribution in [2.75, 3.05) is 20.6 Å². The number of carbonyl (C=O) groups excluding carboxylic acids is 1. The Morgan fingerprint density at radius 2 is 2.08 bits per heavy atom. The molecular weight excluding hydrogens is 159 g/mol. The van der Waals surface area contributed by atoms with Crippen LogP contribution in [0.15, 0.2) is 0 Å². The lowest BCUT2D eigenvalue weighted by atomic mass is 10.1. The van der Waals surface area contributed by atoms with Crippen LogP contribution in [0.4, 0.5) is 4.39 Å². The molecule has 0 aromatic heterocycles. The molecule has 0 aliphatic heterocycles. The number of unbranched alkanes of at least 4 members (excludes halogenated alkanes) is 1. The van der Waals surface area contributed by atoms with Crippen LogP contribution >= 0.6 is 0 Å². The highest BCUT2D eigenvalue weighted by Gasteiger charge is 2.13. The molecule has 0 bridgehead atoms. The van der Waals surface area contributed by atoms with Crippen molar-refractivity contribution in [2.45, 2.75) is 25.3 Å². The van der Waals surface area contributed by atoms with Crippen molar-refractivity contribution in [1.29, 1.82) is 0 Å². The zero-order valence-electron chi connectivity index (χ0n) is 7.69. The summed E-state index contributed by atoms with van der Waals surface area (Å²) in [6.07, 6.45) is 2.41. The zero-order valence-corrected chi connectivity index (χ0v) is 7.69. The molecule has 0 aliphatic rings. The first-order valence-electron chi connectivity index (χ1n) is 4.23. The number of likely N-dealkylation sites (N-methyl/N-ethyl adjacent to an activating group) is 1. The second-order valence-electron chi connectivity index (χ2n) is 2.74. The van der Waals surface area contributed by atoms with E-state index in [0.717, 1.165) is 19.4 Å². The summed E-state index contributed by atoms with van der Waals surface area (Å²) < 4.78 is 12.2. The van der Waals surface area contributed by atoms with Gasteiger partial charge in [-0.2, -0.15) is 4.39 Å². The van der Waals surface area contributed by atoms with Crippen LogP contribution in [0.5, 0.6) is 0 Å². The van der Waals surface area contributed by atoms with E-state index in [4.69, 9.17) is 0 Å². The van der Waals surface area contributed by atoms with Crippen LogP contribution in [-0.4, -0.2) is 32.7 Å². The van der Waals surface area contributed by atoms with Crippen LogP contribution < -0.4 is 10.6 Å². The Hall–Kier alpha value is -0.480. The summed E-state index contributed by atoms with van der Waals surface area (Å²) in [6, 6.07) is -1.87. The maximum atomic E-state index is 12.2. The fourth-order valence-electron chi connectivity index (χ4n) is 1.02. The quantitative estimate of drug-likeness (QED) is 0.437. The summed E-state index contributed by atoms with van der Waals surface area (Å²) in [6.45, 7) is 0.914. The third-order valence-corrected chi connectivity index (χ3v) is 1.79. The molecule has 0 saturated carbocycles. The Labute approximate surface area is 72.7 Å². The SMILES string of the molecule is CNCCCCC(NC)C(=O)F. The summed E-state index contributed by atoms with van der Waals surface area (Å²) in [5, 5.41) is 5.62. The number of hydrogen-bond acceptors (Lipinski definition) is 3. The predicted molar refractivity (Wildman–Crippen MR) is 46.7 cm³/mol. The number of carbonyl (C=O) groups is 1. The predicted octanol–water partition coefficient (Wildman–Crippen LogP) is 0.460. The lowest BCUT2D eigenvalue weighted by Crippen LogP contribution is -2.31. The van der Waals surface area contributed by atoms with E-state index in [0.29, 0.717) is 6.42 Å². The third kappa shape index (κ3) is 5.21. The maximum absolute atomic E-state index is 12.2. The molecule has 0 rings (SSSR count). The minimum Gasteiger partial charge on any atom is -0.320 e. The molecule has 0 saturated heterocycles. The van der Waals surface area contributed by atoms with Crippen LogP contribution in [0.2, 0.25) is 0 Å². The van der Waals surface area contributed by atoms with Crippen LogP contribution in [0, 0.1) is 0 Å². The van der Waals surface area contributed by atoms with Crippen LogP contribution in [0.25, 0.3) is 0 Å². The zero-order chi connectivity index (χ0) is 9.40. The minimum atomic E-state index is -1.26. The van der Waals surface area contributed by atoms with Crippen molar-refractivity contribution >= 4 is 6.04 Å². The molecule has 0 amide bonds. The van der Waals surface area contributed by atoms with E-state index in [1.54, 1.807) is 7.05 Å². The van der Waals surface area contributed by atoms with E-state index in [-0.39, 0.29) is 0 Å². The van der Waals surface area contributed by atoms with Crippen molar-refractivity contribution in [3.63, 3.8) is 0 Å². The molecule has 0 aromatic carbocycles. The Bertz CT molecular complexity index is 130. The Morgan fingerprint density at radius 3 is 2.50 bits per heavy atom. The van der Waals surface area contributed by atoms with Crippen LogP contribution in [0.3, 0.4) is 0 Å². The van der Waals surface area contributed by atoms with Gasteiger partial charge in [-0.1, -0.05) is 6.42 Å². The van der Waals surface area contributed by atoms with Crippen molar-refractivity contribution in [1.82, 2.24) is 10.6 Å². The van der Waals surface area contributed by atoms with Gasteiger partial charge in [0.2, 0.25) is 0 Å². The average Bonchev–Trinajstić information content (AvgIpc) is 2.04. The molecule has 0 aromatic rings. The van der Waals surface area contributed by atoms with E-state index in [1.165, 1.54) is 0 Å². The summed E-state index contributed by atoms with van der Waals surface area (Å²) >= 11 is 0. The van der Waals surface area contributed by atoms with Crippen LogP contribution in [0.1, 0.15) is 19.3 Å². The van der Waals surface area contributed by atoms with Gasteiger partial charge in [0.25, 0.3) is 0 Å². The molecule has 1 unspecified atom stereocenters. The van der Waals surface area contributed by atoms with E-state index < -0.39 is 12.1 Å². The summed E-state index contributed by atoms with van der Waals surface area (Å²) in [4.78, 5) is 10.3. The van der Waals surface area contributed by atoms with Gasteiger partial charge in [0.05, 0.1) is 6.04 Å². The standard InChI is InChI=1S/C8H17FN2O/c1-10-6-4-3-5-7(11-2)8(9)12/h7,10-11H,3-6H2,1-2H3. The number of nitrogens with one attached hydrogen (secondary N) is 2. The van der Waals surface area contributed by atoms with Gasteiger partial charge in [-0.25, -0.2) is 0 Å². The summed E-state index contributed by atoms with van der Waals surface area (Å²) in [7, 11) is 3.47. The second-order valence-corrected chi connectivity index (χ2v) is 2.74. The Kier molecular flexibility index (Phi) is 6.90. The highest BCUT2D eigenvalue weighted by Crippen LogP contribution is 2.01. The number of halogens is 1. The smallest absolute Gasteiger partial charge is 0.318 e. The number of hydrogen-bond donors (Lipinski definition) is 2. The van der Waals surface area contributed by atoms with Gasteiger partial charge in [0.1, 0.15) is 0 Å². The van der Waals surface area contributed by atoms with E-state index in [1.807, 2.05) is 7.05 Å². The lowest BCUT2D eigenvalue weighted by molar-refractivity contribution is -0.131. The monoisotopic (exact) mass is 176 g/mol. The molecule has 2 N–H and O–H groups in total. The molecule has 0 aliphatic carbocycles. The molecule has 3 nitrogen and oxygen atoms in total. The molecule has 0 heterocycles. The van der Waals surface area contributed by atoms with E-state index in [2.05, 4.69) is 10.6 Å². The largest absolute Gasteiger partial charge is 0.320 e. The van der Waals surface area contributed by atoms with E-state index >= 15 is 0 Å². The molecule has 0 fully saturated rings. The molecule has 72 valence electrons. The van der Waals surface area contributed by atoms with Gasteiger partial charge in [-0.3, -0.25) is 4.79 Å². The molecule has 0 radical (unpaired) electrons. The molecule has 12 heavy (non-hydrogen) atoms. The van der Waals surface area contributed by atoms with Gasteiger partial charge in [0.15, 0.2) is 0 Å². The van der Waals surface area contributed by atoms with Gasteiger partial charge < -0.3 is 10.6 Å². The topological polar surface area (TPSA) is 41.1 Å². The average molecular weight is 176 g/mol. The first-order valence-corrected chi connectivity index (χ1v) is 4.23. The summed E-state index contributed by atoms with van der Waals surface area (Å²) in [5.74, 6) is 0. The fourth-order valence-corrected chi connectivity index (χ4v) is 1.02. The Morgan fingerprint density at radius 1 is 1.42 bits per heavy atom. The fraction of sp³-hybridized carbons (Fsp3) is 0.875. The Balaban J connectivity index is 3.38. The van der Waals surface area contributed by atoms with Gasteiger partial charge >= 0.3 is 6.04 Å². The lowest BCUT2D eigenvalue weighted by Gasteiger charge is -2.09. The van der Waals surface area contributed by atoms with Crippen LogP contribution in [-0.2, 0) is 4.79 Å². The molecular formula is C8H17FN2O. The van der Waals surface area contributed by atoms with Gasteiger partial charge in [0, 0.05) is 0 Å². The molecule has 4 heteroatoms. The molecule has 1 atom stereocenters. The van der Waals surface area contributed by atoms with Crippen molar-refractivity contribution < 1.29 is 9.18 Å². The molecule has 0 spiro atoms. The minimum absolute atomic E-state index is 0.577. The third-order valence-electron chi connectivity index (χ3n) is 1.79. The first kappa shape index (κ1) is 11.5. The van der Waals surface area contributed by atoms with E-state index in [9.17, 15) is 9.18 Å². The van der Waals surface area contributed by atoms with Crippen molar-refractivity contribution in [3.05, 3.63) is 0 Å². The summed E-state index contributed by atoms with van der Waals surface area (Å²) in [5.41, 5.74) is 0. The van der Waals surface area contributed by atoms with Gasteiger partial charge in [-0.15, -0.1) is 0 Å². The normalized spacial score (nSPS) is 12.9. The number of rotatable bonds is 7. The first-order chi connectivity index (χ1) is 5.72. The van der Waals surface area contributed by atoms with Gasteiger partial charge in [-0.05, 0) is 33.5 Å². The highest BCUT2D eigenvalue weighted by atomic mass is 19.1. The second kappa shape index (κ2) is 7.18.